The minimum atomic E-state index is -1.05. The maximum absolute atomic E-state index is 12.7. The van der Waals surface area contributed by atoms with Gasteiger partial charge in [-0.15, -0.1) is 0 Å². The molecule has 7 heteroatoms. The van der Waals surface area contributed by atoms with Gasteiger partial charge in [0, 0.05) is 37.8 Å². The average Bonchev–Trinajstić information content (AvgIpc) is 2.73. The molecule has 0 spiro atoms. The summed E-state index contributed by atoms with van der Waals surface area (Å²) >= 11 is 0. The van der Waals surface area contributed by atoms with Crippen LogP contribution >= 0.6 is 0 Å². The molecule has 0 saturated carbocycles. The second-order valence-corrected chi connectivity index (χ2v) is 7.45. The molecule has 1 amide bonds. The van der Waals surface area contributed by atoms with Crippen LogP contribution in [0, 0.1) is 11.3 Å². The molecular formula is C23H25N3O4. The van der Waals surface area contributed by atoms with Gasteiger partial charge in [-0.1, -0.05) is 30.3 Å². The molecule has 1 aliphatic heterocycles. The quantitative estimate of drug-likeness (QED) is 0.757. The van der Waals surface area contributed by atoms with Crippen LogP contribution in [0.3, 0.4) is 0 Å². The third-order valence-corrected chi connectivity index (χ3v) is 5.16. The first kappa shape index (κ1) is 21.3. The van der Waals surface area contributed by atoms with Crippen molar-refractivity contribution in [3.05, 3.63) is 65.2 Å². The van der Waals surface area contributed by atoms with Crippen molar-refractivity contribution < 1.29 is 19.4 Å². The molecule has 1 atom stereocenters. The standard InChI is InChI=1S/C23H25N3O4/c1-17-14-25(9-10-26(17)22(27)12-18-5-3-2-4-6-18)15-20-11-19(13-24)7-8-21(20)30-16-23(28)29/h2-8,11,17H,9-10,12,14-16H2,1H3,(H,28,29)/t17-/m0/s1. The van der Waals surface area contributed by atoms with E-state index in [0.717, 1.165) is 11.1 Å². The minimum absolute atomic E-state index is 0.0532. The fourth-order valence-corrected chi connectivity index (χ4v) is 3.71. The SMILES string of the molecule is C[C@H]1CN(Cc2cc(C#N)ccc2OCC(=O)O)CCN1C(=O)Cc1ccccc1. The molecule has 0 aliphatic carbocycles. The monoisotopic (exact) mass is 407 g/mol. The van der Waals surface area contributed by atoms with Gasteiger partial charge in [0.2, 0.25) is 5.91 Å². The van der Waals surface area contributed by atoms with Crippen molar-refractivity contribution in [1.82, 2.24) is 9.80 Å². The van der Waals surface area contributed by atoms with Crippen LogP contribution in [0.2, 0.25) is 0 Å². The number of carbonyl (C=O) groups is 2. The molecule has 0 unspecified atom stereocenters. The number of carbonyl (C=O) groups excluding carboxylic acids is 1. The van der Waals surface area contributed by atoms with Crippen LogP contribution < -0.4 is 4.74 Å². The summed E-state index contributed by atoms with van der Waals surface area (Å²) in [4.78, 5) is 27.7. The molecule has 30 heavy (non-hydrogen) atoms. The Bertz CT molecular complexity index is 939. The highest BCUT2D eigenvalue weighted by atomic mass is 16.5. The lowest BCUT2D eigenvalue weighted by Crippen LogP contribution is -2.54. The Balaban J connectivity index is 1.63. The fourth-order valence-electron chi connectivity index (χ4n) is 3.71. The van der Waals surface area contributed by atoms with Crippen molar-refractivity contribution in [3.63, 3.8) is 0 Å². The van der Waals surface area contributed by atoms with Crippen molar-refractivity contribution in [2.45, 2.75) is 25.9 Å². The highest BCUT2D eigenvalue weighted by molar-refractivity contribution is 5.79. The summed E-state index contributed by atoms with van der Waals surface area (Å²) in [6.07, 6.45) is 0.391. The molecular weight excluding hydrogens is 382 g/mol. The first-order valence-corrected chi connectivity index (χ1v) is 9.89. The van der Waals surface area contributed by atoms with Gasteiger partial charge in [-0.3, -0.25) is 9.69 Å². The second-order valence-electron chi connectivity index (χ2n) is 7.45. The van der Waals surface area contributed by atoms with Crippen LogP contribution in [0.4, 0.5) is 0 Å². The predicted octanol–water partition coefficient (Wildman–Crippen LogP) is 2.30. The Morgan fingerprint density at radius 2 is 1.97 bits per heavy atom. The zero-order chi connectivity index (χ0) is 21.5. The maximum atomic E-state index is 12.7. The third-order valence-electron chi connectivity index (χ3n) is 5.16. The van der Waals surface area contributed by atoms with E-state index in [1.54, 1.807) is 18.2 Å². The highest BCUT2D eigenvalue weighted by Crippen LogP contribution is 2.23. The van der Waals surface area contributed by atoms with Gasteiger partial charge in [-0.25, -0.2) is 4.79 Å². The molecule has 1 saturated heterocycles. The summed E-state index contributed by atoms with van der Waals surface area (Å²) in [5.41, 5.74) is 2.27. The van der Waals surface area contributed by atoms with E-state index in [1.807, 2.05) is 42.2 Å². The first-order valence-electron chi connectivity index (χ1n) is 9.89. The molecule has 2 aromatic carbocycles. The third kappa shape index (κ3) is 5.58. The Labute approximate surface area is 176 Å². The topological polar surface area (TPSA) is 93.9 Å². The number of piperazine rings is 1. The van der Waals surface area contributed by atoms with E-state index < -0.39 is 12.6 Å². The van der Waals surface area contributed by atoms with Crippen molar-refractivity contribution in [3.8, 4) is 11.8 Å². The van der Waals surface area contributed by atoms with Crippen LogP contribution in [-0.2, 0) is 22.6 Å². The van der Waals surface area contributed by atoms with Crippen LogP contribution in [0.1, 0.15) is 23.6 Å². The highest BCUT2D eigenvalue weighted by Gasteiger charge is 2.27. The molecule has 3 rings (SSSR count). The first-order chi connectivity index (χ1) is 14.5. The summed E-state index contributed by atoms with van der Waals surface area (Å²) in [5.74, 6) is -0.471. The zero-order valence-electron chi connectivity index (χ0n) is 17.0. The lowest BCUT2D eigenvalue weighted by Gasteiger charge is -2.40. The smallest absolute Gasteiger partial charge is 0.341 e. The molecule has 7 nitrogen and oxygen atoms in total. The van der Waals surface area contributed by atoms with E-state index in [0.29, 0.717) is 43.9 Å². The Morgan fingerprint density at radius 3 is 2.63 bits per heavy atom. The summed E-state index contributed by atoms with van der Waals surface area (Å²) in [7, 11) is 0. The van der Waals surface area contributed by atoms with Gasteiger partial charge in [0.15, 0.2) is 6.61 Å². The molecule has 1 aliphatic rings. The number of ether oxygens (including phenoxy) is 1. The van der Waals surface area contributed by atoms with E-state index in [1.165, 1.54) is 0 Å². The van der Waals surface area contributed by atoms with Gasteiger partial charge in [-0.2, -0.15) is 5.26 Å². The lowest BCUT2D eigenvalue weighted by molar-refractivity contribution is -0.139. The summed E-state index contributed by atoms with van der Waals surface area (Å²) in [6, 6.07) is 16.9. The molecule has 0 bridgehead atoms. The molecule has 1 fully saturated rings. The van der Waals surface area contributed by atoms with Gasteiger partial charge >= 0.3 is 5.97 Å². The number of carboxylic acid groups (broad SMARTS) is 1. The largest absolute Gasteiger partial charge is 0.482 e. The molecule has 2 aromatic rings. The van der Waals surface area contributed by atoms with Crippen LogP contribution in [0.25, 0.3) is 0 Å². The summed E-state index contributed by atoms with van der Waals surface area (Å²) < 4.78 is 5.39. The molecule has 156 valence electrons. The number of benzene rings is 2. The van der Waals surface area contributed by atoms with E-state index in [9.17, 15) is 14.9 Å². The lowest BCUT2D eigenvalue weighted by atomic mass is 10.1. The Morgan fingerprint density at radius 1 is 1.20 bits per heavy atom. The van der Waals surface area contributed by atoms with Gasteiger partial charge in [0.05, 0.1) is 18.1 Å². The van der Waals surface area contributed by atoms with E-state index in [2.05, 4.69) is 11.0 Å². The Kier molecular flexibility index (Phi) is 7.04. The van der Waals surface area contributed by atoms with Gasteiger partial charge in [-0.05, 0) is 30.7 Å². The van der Waals surface area contributed by atoms with Gasteiger partial charge < -0.3 is 14.7 Å². The van der Waals surface area contributed by atoms with Crippen LogP contribution in [0.5, 0.6) is 5.75 Å². The minimum Gasteiger partial charge on any atom is -0.482 e. The average molecular weight is 407 g/mol. The number of nitriles is 1. The summed E-state index contributed by atoms with van der Waals surface area (Å²) in [5, 5.41) is 18.1. The van der Waals surface area contributed by atoms with Gasteiger partial charge in [0.1, 0.15) is 5.75 Å². The maximum Gasteiger partial charge on any atom is 0.341 e. The fraction of sp³-hybridized carbons (Fsp3) is 0.348. The Hall–Kier alpha value is -3.37. The predicted molar refractivity (Wildman–Crippen MR) is 111 cm³/mol. The second kappa shape index (κ2) is 9.90. The number of amides is 1. The van der Waals surface area contributed by atoms with Crippen molar-refractivity contribution in [1.29, 1.82) is 5.26 Å². The van der Waals surface area contributed by atoms with Crippen molar-refractivity contribution in [2.75, 3.05) is 26.2 Å². The molecule has 0 radical (unpaired) electrons. The van der Waals surface area contributed by atoms with E-state index in [4.69, 9.17) is 9.84 Å². The number of rotatable bonds is 7. The number of carboxylic acids is 1. The summed E-state index contributed by atoms with van der Waals surface area (Å²) in [6.45, 7) is 4.13. The molecule has 0 aromatic heterocycles. The number of nitrogens with zero attached hydrogens (tertiary/aromatic N) is 3. The zero-order valence-corrected chi connectivity index (χ0v) is 17.0. The van der Waals surface area contributed by atoms with Gasteiger partial charge in [0.25, 0.3) is 0 Å². The van der Waals surface area contributed by atoms with Crippen LogP contribution in [0.15, 0.2) is 48.5 Å². The molecule has 1 heterocycles. The number of hydrogen-bond donors (Lipinski definition) is 1. The van der Waals surface area contributed by atoms with Crippen LogP contribution in [-0.4, -0.2) is 59.1 Å². The normalized spacial score (nSPS) is 16.7. The van der Waals surface area contributed by atoms with Crippen molar-refractivity contribution in [2.24, 2.45) is 0 Å². The van der Waals surface area contributed by atoms with E-state index in [-0.39, 0.29) is 11.9 Å². The van der Waals surface area contributed by atoms with E-state index >= 15 is 0 Å². The number of aliphatic carboxylic acids is 1. The number of hydrogen-bond acceptors (Lipinski definition) is 5. The molecule has 1 N–H and O–H groups in total. The van der Waals surface area contributed by atoms with Crippen molar-refractivity contribution >= 4 is 11.9 Å².